The number of hydrogen-bond acceptors (Lipinski definition) is 3. The van der Waals surface area contributed by atoms with Crippen molar-refractivity contribution in [2.24, 2.45) is 0 Å². The van der Waals surface area contributed by atoms with E-state index in [9.17, 15) is 14.0 Å². The van der Waals surface area contributed by atoms with E-state index in [2.05, 4.69) is 5.32 Å². The van der Waals surface area contributed by atoms with Crippen LogP contribution in [0.15, 0.2) is 59.3 Å². The van der Waals surface area contributed by atoms with E-state index in [4.69, 9.17) is 23.2 Å². The minimum absolute atomic E-state index is 0.0491. The number of hydrogen-bond donors (Lipinski definition) is 1. The molecule has 4 nitrogen and oxygen atoms in total. The van der Waals surface area contributed by atoms with Gasteiger partial charge >= 0.3 is 0 Å². The van der Waals surface area contributed by atoms with E-state index in [0.29, 0.717) is 5.02 Å². The van der Waals surface area contributed by atoms with Crippen LogP contribution in [0.2, 0.25) is 5.02 Å². The number of rotatable bonds is 4. The smallest absolute Gasteiger partial charge is 0.279 e. The molecule has 24 heavy (non-hydrogen) atoms. The van der Waals surface area contributed by atoms with E-state index in [1.807, 2.05) is 0 Å². The van der Waals surface area contributed by atoms with Crippen molar-refractivity contribution in [1.82, 2.24) is 4.90 Å². The second kappa shape index (κ2) is 6.63. The largest absolute Gasteiger partial charge is 0.347 e. The lowest BCUT2D eigenvalue weighted by molar-refractivity contribution is -0.138. The van der Waals surface area contributed by atoms with Crippen molar-refractivity contribution in [2.45, 2.75) is 6.54 Å². The number of amides is 2. The zero-order valence-electron chi connectivity index (χ0n) is 12.2. The van der Waals surface area contributed by atoms with Gasteiger partial charge in [0.15, 0.2) is 0 Å². The Kier molecular flexibility index (Phi) is 4.55. The Bertz CT molecular complexity index is 850. The lowest BCUT2D eigenvalue weighted by Gasteiger charge is -2.15. The molecule has 1 N–H and O–H groups in total. The van der Waals surface area contributed by atoms with Crippen molar-refractivity contribution in [1.29, 1.82) is 0 Å². The molecule has 0 bridgehead atoms. The van der Waals surface area contributed by atoms with Crippen LogP contribution in [0.4, 0.5) is 10.1 Å². The number of benzene rings is 2. The molecule has 0 spiro atoms. The van der Waals surface area contributed by atoms with Crippen molar-refractivity contribution < 1.29 is 14.0 Å². The molecule has 0 fully saturated rings. The Labute approximate surface area is 147 Å². The normalized spacial score (nSPS) is 14.5. The van der Waals surface area contributed by atoms with Crippen molar-refractivity contribution in [3.05, 3.63) is 75.7 Å². The minimum atomic E-state index is -0.629. The van der Waals surface area contributed by atoms with Crippen LogP contribution >= 0.6 is 23.2 Å². The molecule has 0 saturated carbocycles. The Morgan fingerprint density at radius 3 is 2.29 bits per heavy atom. The molecular formula is C17H11Cl2FN2O2. The van der Waals surface area contributed by atoms with Gasteiger partial charge in [0.25, 0.3) is 11.8 Å². The molecule has 1 heterocycles. The Morgan fingerprint density at radius 1 is 0.958 bits per heavy atom. The highest BCUT2D eigenvalue weighted by Crippen LogP contribution is 2.28. The second-order valence-corrected chi connectivity index (χ2v) is 5.93. The fraction of sp³-hybridized carbons (Fsp3) is 0.0588. The Morgan fingerprint density at radius 2 is 1.62 bits per heavy atom. The Hall–Kier alpha value is -2.37. The molecule has 2 amide bonds. The quantitative estimate of drug-likeness (QED) is 0.836. The van der Waals surface area contributed by atoms with Crippen LogP contribution in [-0.2, 0) is 16.1 Å². The molecule has 1 aliphatic rings. The molecule has 7 heteroatoms. The summed E-state index contributed by atoms with van der Waals surface area (Å²) in [5.41, 5.74) is 0.651. The van der Waals surface area contributed by atoms with Gasteiger partial charge in [-0.3, -0.25) is 14.5 Å². The lowest BCUT2D eigenvalue weighted by atomic mass is 10.2. The first kappa shape index (κ1) is 16.5. The molecule has 122 valence electrons. The van der Waals surface area contributed by atoms with E-state index >= 15 is 0 Å². The SMILES string of the molecule is O=C1C(Cl)=C(Nc2ccccc2F)C(=O)N1Cc1ccc(Cl)cc1. The van der Waals surface area contributed by atoms with Gasteiger partial charge in [0.2, 0.25) is 0 Å². The number of nitrogens with one attached hydrogen (secondary N) is 1. The summed E-state index contributed by atoms with van der Waals surface area (Å²) in [5.74, 6) is -1.79. The van der Waals surface area contributed by atoms with Gasteiger partial charge in [-0.05, 0) is 29.8 Å². The van der Waals surface area contributed by atoms with E-state index in [-0.39, 0.29) is 23.0 Å². The third-order valence-electron chi connectivity index (χ3n) is 3.50. The molecule has 2 aromatic rings. The van der Waals surface area contributed by atoms with Crippen LogP contribution in [-0.4, -0.2) is 16.7 Å². The number of carbonyl (C=O) groups excluding carboxylic acids is 2. The lowest BCUT2D eigenvalue weighted by Crippen LogP contribution is -2.31. The first-order chi connectivity index (χ1) is 11.5. The van der Waals surface area contributed by atoms with Crippen LogP contribution in [0, 0.1) is 5.82 Å². The number of carbonyl (C=O) groups is 2. The molecule has 0 aromatic heterocycles. The zero-order valence-corrected chi connectivity index (χ0v) is 13.7. The maximum atomic E-state index is 13.7. The van der Waals surface area contributed by atoms with Crippen LogP contribution in [0.3, 0.4) is 0 Å². The van der Waals surface area contributed by atoms with Gasteiger partial charge in [-0.25, -0.2) is 4.39 Å². The predicted molar refractivity (Wildman–Crippen MR) is 89.9 cm³/mol. The van der Waals surface area contributed by atoms with Crippen LogP contribution < -0.4 is 5.32 Å². The fourth-order valence-electron chi connectivity index (χ4n) is 2.27. The summed E-state index contributed by atoms with van der Waals surface area (Å²) in [4.78, 5) is 25.7. The third kappa shape index (κ3) is 3.13. The number of nitrogens with zero attached hydrogens (tertiary/aromatic N) is 1. The summed E-state index contributed by atoms with van der Waals surface area (Å²) >= 11 is 11.8. The summed E-state index contributed by atoms with van der Waals surface area (Å²) in [6, 6.07) is 12.6. The van der Waals surface area contributed by atoms with Crippen molar-refractivity contribution >= 4 is 40.7 Å². The molecule has 3 rings (SSSR count). The second-order valence-electron chi connectivity index (χ2n) is 5.12. The fourth-order valence-corrected chi connectivity index (χ4v) is 2.62. The van der Waals surface area contributed by atoms with Crippen molar-refractivity contribution in [3.8, 4) is 0 Å². The summed E-state index contributed by atoms with van der Waals surface area (Å²) < 4.78 is 13.7. The average Bonchev–Trinajstić information content (AvgIpc) is 2.76. The maximum absolute atomic E-state index is 13.7. The van der Waals surface area contributed by atoms with E-state index in [1.54, 1.807) is 30.3 Å². The first-order valence-electron chi connectivity index (χ1n) is 6.99. The summed E-state index contributed by atoms with van der Waals surface area (Å²) in [5, 5.41) is 2.89. The minimum Gasteiger partial charge on any atom is -0.347 e. The molecule has 0 radical (unpaired) electrons. The van der Waals surface area contributed by atoms with Crippen molar-refractivity contribution in [3.63, 3.8) is 0 Å². The predicted octanol–water partition coefficient (Wildman–Crippen LogP) is 3.91. The van der Waals surface area contributed by atoms with Gasteiger partial charge in [-0.15, -0.1) is 0 Å². The zero-order chi connectivity index (χ0) is 17.3. The van der Waals surface area contributed by atoms with Gasteiger partial charge in [0, 0.05) is 5.02 Å². The van der Waals surface area contributed by atoms with E-state index in [1.165, 1.54) is 18.2 Å². The molecule has 0 aliphatic carbocycles. The topological polar surface area (TPSA) is 49.4 Å². The van der Waals surface area contributed by atoms with Crippen LogP contribution in [0.25, 0.3) is 0 Å². The molecular weight excluding hydrogens is 354 g/mol. The highest BCUT2D eigenvalue weighted by molar-refractivity contribution is 6.48. The van der Waals surface area contributed by atoms with Gasteiger partial charge < -0.3 is 5.32 Å². The Balaban J connectivity index is 1.82. The molecule has 2 aromatic carbocycles. The van der Waals surface area contributed by atoms with Crippen molar-refractivity contribution in [2.75, 3.05) is 5.32 Å². The van der Waals surface area contributed by atoms with E-state index in [0.717, 1.165) is 10.5 Å². The van der Waals surface area contributed by atoms with Gasteiger partial charge in [0.05, 0.1) is 12.2 Å². The highest BCUT2D eigenvalue weighted by Gasteiger charge is 2.38. The molecule has 0 atom stereocenters. The van der Waals surface area contributed by atoms with Gasteiger partial charge in [-0.1, -0.05) is 47.5 Å². The van der Waals surface area contributed by atoms with Gasteiger partial charge in [-0.2, -0.15) is 0 Å². The molecule has 0 unspecified atom stereocenters. The summed E-state index contributed by atoms with van der Waals surface area (Å²) in [7, 11) is 0. The first-order valence-corrected chi connectivity index (χ1v) is 7.75. The maximum Gasteiger partial charge on any atom is 0.279 e. The number of imide groups is 1. The summed E-state index contributed by atoms with van der Waals surface area (Å²) in [6.07, 6.45) is 0. The van der Waals surface area contributed by atoms with E-state index < -0.39 is 17.6 Å². The summed E-state index contributed by atoms with van der Waals surface area (Å²) in [6.45, 7) is 0.0491. The van der Waals surface area contributed by atoms with Crippen LogP contribution in [0.5, 0.6) is 0 Å². The van der Waals surface area contributed by atoms with Crippen LogP contribution in [0.1, 0.15) is 5.56 Å². The monoisotopic (exact) mass is 364 g/mol. The average molecular weight is 365 g/mol. The third-order valence-corrected chi connectivity index (χ3v) is 4.10. The molecule has 0 saturated heterocycles. The van der Waals surface area contributed by atoms with Gasteiger partial charge in [0.1, 0.15) is 16.5 Å². The molecule has 1 aliphatic heterocycles. The number of para-hydroxylation sites is 1. The highest BCUT2D eigenvalue weighted by atomic mass is 35.5. The standard InChI is InChI=1S/C17H11Cl2FN2O2/c18-11-7-5-10(6-8-11)9-22-16(23)14(19)15(17(22)24)21-13-4-2-1-3-12(13)20/h1-8,21H,9H2. The number of halogens is 3. The number of anilines is 1.